The second kappa shape index (κ2) is 11.6. The van der Waals surface area contributed by atoms with E-state index in [9.17, 15) is 22.8 Å². The molecule has 4 aromatic rings. The Morgan fingerprint density at radius 1 is 1.05 bits per heavy atom. The SMILES string of the molecule is CN1CCN(Cc2ccc(NC(=O)n3ccc4cc(Oc5nccc(CC(N)=O)n5)ccc43)cc2C(F)(F)F)CC1. The topological polar surface area (TPSA) is 119 Å². The zero-order valence-electron chi connectivity index (χ0n) is 22.2. The third-order valence-corrected chi connectivity index (χ3v) is 6.79. The number of piperazine rings is 1. The predicted molar refractivity (Wildman–Crippen MR) is 146 cm³/mol. The van der Waals surface area contributed by atoms with Crippen LogP contribution >= 0.6 is 0 Å². The third-order valence-electron chi connectivity index (χ3n) is 6.79. The molecule has 0 radical (unpaired) electrons. The van der Waals surface area contributed by atoms with Crippen molar-refractivity contribution in [2.24, 2.45) is 5.73 Å². The van der Waals surface area contributed by atoms with Gasteiger partial charge in [0.05, 0.1) is 23.2 Å². The van der Waals surface area contributed by atoms with Gasteiger partial charge < -0.3 is 20.7 Å². The summed E-state index contributed by atoms with van der Waals surface area (Å²) in [6.45, 7) is 3.16. The van der Waals surface area contributed by atoms with E-state index in [1.807, 2.05) is 11.9 Å². The van der Waals surface area contributed by atoms with Crippen LogP contribution in [0.2, 0.25) is 0 Å². The Balaban J connectivity index is 1.31. The summed E-state index contributed by atoms with van der Waals surface area (Å²) in [6.07, 6.45) is -1.66. The van der Waals surface area contributed by atoms with Crippen LogP contribution in [0.5, 0.6) is 11.8 Å². The van der Waals surface area contributed by atoms with Gasteiger partial charge in [-0.1, -0.05) is 6.07 Å². The van der Waals surface area contributed by atoms with Crippen LogP contribution in [0.1, 0.15) is 16.8 Å². The van der Waals surface area contributed by atoms with Gasteiger partial charge in [-0.25, -0.2) is 9.78 Å². The van der Waals surface area contributed by atoms with Crippen LogP contribution in [0.4, 0.5) is 23.7 Å². The maximum Gasteiger partial charge on any atom is 0.416 e. The number of nitrogens with zero attached hydrogens (tertiary/aromatic N) is 5. The average Bonchev–Trinajstić information content (AvgIpc) is 3.33. The number of rotatable bonds is 7. The summed E-state index contributed by atoms with van der Waals surface area (Å²) in [6, 6.07) is 11.4. The number of carbonyl (C=O) groups is 2. The van der Waals surface area contributed by atoms with Crippen LogP contribution in [0.3, 0.4) is 0 Å². The first-order chi connectivity index (χ1) is 19.5. The molecule has 0 spiro atoms. The van der Waals surface area contributed by atoms with E-state index in [4.69, 9.17) is 10.5 Å². The summed E-state index contributed by atoms with van der Waals surface area (Å²) >= 11 is 0. The van der Waals surface area contributed by atoms with Crippen LogP contribution in [0, 0.1) is 0 Å². The van der Waals surface area contributed by atoms with Crippen molar-refractivity contribution in [2.75, 3.05) is 38.5 Å². The lowest BCUT2D eigenvalue weighted by Gasteiger charge is -2.33. The van der Waals surface area contributed by atoms with Gasteiger partial charge in [0.25, 0.3) is 0 Å². The molecule has 5 rings (SSSR count). The zero-order chi connectivity index (χ0) is 29.1. The summed E-state index contributed by atoms with van der Waals surface area (Å²) in [5.41, 5.74) is 5.57. The van der Waals surface area contributed by atoms with Crippen LogP contribution in [-0.4, -0.2) is 69.5 Å². The first-order valence-electron chi connectivity index (χ1n) is 12.9. The molecule has 214 valence electrons. The van der Waals surface area contributed by atoms with E-state index in [1.165, 1.54) is 29.1 Å². The minimum absolute atomic E-state index is 0.0248. The molecule has 0 atom stereocenters. The molecular formula is C28H28F3N7O3. The number of alkyl halides is 3. The van der Waals surface area contributed by atoms with E-state index >= 15 is 0 Å². The fourth-order valence-electron chi connectivity index (χ4n) is 4.66. The zero-order valence-corrected chi connectivity index (χ0v) is 22.2. The number of benzene rings is 2. The molecular weight excluding hydrogens is 539 g/mol. The number of ether oxygens (including phenoxy) is 1. The first-order valence-corrected chi connectivity index (χ1v) is 12.9. The predicted octanol–water partition coefficient (Wildman–Crippen LogP) is 4.10. The first kappa shape index (κ1) is 28.1. The van der Waals surface area contributed by atoms with Crippen molar-refractivity contribution in [3.8, 4) is 11.8 Å². The molecule has 1 fully saturated rings. The molecule has 2 aromatic carbocycles. The number of primary amides is 1. The largest absolute Gasteiger partial charge is 0.424 e. The molecule has 0 unspecified atom stereocenters. The molecule has 1 saturated heterocycles. The minimum Gasteiger partial charge on any atom is -0.424 e. The molecule has 0 saturated carbocycles. The Bertz CT molecular complexity index is 1580. The molecule has 10 nitrogen and oxygen atoms in total. The van der Waals surface area contributed by atoms with Crippen molar-refractivity contribution < 1.29 is 27.5 Å². The Hall–Kier alpha value is -4.49. The molecule has 1 aliphatic rings. The van der Waals surface area contributed by atoms with Gasteiger partial charge in [-0.15, -0.1) is 0 Å². The standard InChI is InChI=1S/C28H28F3N7O3/c1-36-10-12-37(13-11-36)17-19-2-3-20(15-23(19)28(29,30)31)35-27(40)38-9-7-18-14-22(4-5-24(18)38)41-26-33-8-6-21(34-26)16-25(32)39/h2-9,14-15H,10-13,16-17H2,1H3,(H2,32,39)(H,35,40). The van der Waals surface area contributed by atoms with Crippen LogP contribution in [0.25, 0.3) is 10.9 Å². The van der Waals surface area contributed by atoms with Gasteiger partial charge in [-0.3, -0.25) is 14.3 Å². The Morgan fingerprint density at radius 2 is 1.83 bits per heavy atom. The number of nitrogens with two attached hydrogens (primary N) is 1. The lowest BCUT2D eigenvalue weighted by molar-refractivity contribution is -0.138. The lowest BCUT2D eigenvalue weighted by atomic mass is 10.0. The Morgan fingerprint density at radius 3 is 2.56 bits per heavy atom. The number of amides is 2. The molecule has 0 aliphatic carbocycles. The van der Waals surface area contributed by atoms with Gasteiger partial charge in [0.1, 0.15) is 5.75 Å². The van der Waals surface area contributed by atoms with Crippen molar-refractivity contribution in [3.05, 3.63) is 77.7 Å². The van der Waals surface area contributed by atoms with Crippen LogP contribution in [0.15, 0.2) is 60.9 Å². The fourth-order valence-corrected chi connectivity index (χ4v) is 4.66. The molecule has 41 heavy (non-hydrogen) atoms. The number of hydrogen-bond donors (Lipinski definition) is 2. The summed E-state index contributed by atoms with van der Waals surface area (Å²) in [5, 5.41) is 3.22. The molecule has 13 heteroatoms. The number of anilines is 1. The number of fused-ring (bicyclic) bond motifs is 1. The number of likely N-dealkylation sites (N-methyl/N-ethyl adjacent to an activating group) is 1. The van der Waals surface area contributed by atoms with E-state index in [-0.39, 0.29) is 30.2 Å². The lowest BCUT2D eigenvalue weighted by Crippen LogP contribution is -2.44. The van der Waals surface area contributed by atoms with Gasteiger partial charge in [0, 0.05) is 56.2 Å². The third kappa shape index (κ3) is 6.81. The minimum atomic E-state index is -4.57. The number of nitrogens with one attached hydrogen (secondary N) is 1. The van der Waals surface area contributed by atoms with Gasteiger partial charge in [0.2, 0.25) is 5.91 Å². The fraction of sp³-hybridized carbons (Fsp3) is 0.286. The van der Waals surface area contributed by atoms with Crippen molar-refractivity contribution in [2.45, 2.75) is 19.1 Å². The number of hydrogen-bond acceptors (Lipinski definition) is 7. The van der Waals surface area contributed by atoms with Crippen molar-refractivity contribution in [3.63, 3.8) is 0 Å². The highest BCUT2D eigenvalue weighted by Gasteiger charge is 2.34. The quantitative estimate of drug-likeness (QED) is 0.345. The van der Waals surface area contributed by atoms with Gasteiger partial charge in [0.15, 0.2) is 0 Å². The van der Waals surface area contributed by atoms with E-state index in [2.05, 4.69) is 20.2 Å². The van der Waals surface area contributed by atoms with Crippen LogP contribution in [-0.2, 0) is 23.9 Å². The molecule has 3 heterocycles. The van der Waals surface area contributed by atoms with Crippen molar-refractivity contribution in [1.82, 2.24) is 24.3 Å². The summed E-state index contributed by atoms with van der Waals surface area (Å²) in [4.78, 5) is 36.5. The smallest absolute Gasteiger partial charge is 0.416 e. The molecule has 3 N–H and O–H groups in total. The second-order valence-electron chi connectivity index (χ2n) is 9.86. The van der Waals surface area contributed by atoms with E-state index in [1.54, 1.807) is 30.3 Å². The molecule has 2 aromatic heterocycles. The molecule has 2 amide bonds. The number of carbonyl (C=O) groups excluding carboxylic acids is 2. The summed E-state index contributed by atoms with van der Waals surface area (Å²) in [7, 11) is 1.99. The molecule has 0 bridgehead atoms. The maximum atomic E-state index is 13.9. The van der Waals surface area contributed by atoms with Crippen LogP contribution < -0.4 is 15.8 Å². The summed E-state index contributed by atoms with van der Waals surface area (Å²) < 4.78 is 48.8. The Kier molecular flexibility index (Phi) is 7.90. The van der Waals surface area contributed by atoms with E-state index in [0.717, 1.165) is 19.2 Å². The van der Waals surface area contributed by atoms with Gasteiger partial charge in [-0.05, 0) is 55.1 Å². The normalized spacial score (nSPS) is 14.7. The van der Waals surface area contributed by atoms with E-state index < -0.39 is 23.7 Å². The highest BCUT2D eigenvalue weighted by molar-refractivity contribution is 5.98. The van der Waals surface area contributed by atoms with Crippen molar-refractivity contribution >= 4 is 28.5 Å². The highest BCUT2D eigenvalue weighted by atomic mass is 19.4. The average molecular weight is 568 g/mol. The summed E-state index contributed by atoms with van der Waals surface area (Å²) in [5.74, 6) is -0.149. The highest BCUT2D eigenvalue weighted by Crippen LogP contribution is 2.35. The monoisotopic (exact) mass is 567 g/mol. The number of halogens is 3. The van der Waals surface area contributed by atoms with Crippen molar-refractivity contribution in [1.29, 1.82) is 0 Å². The Labute approximate surface area is 233 Å². The van der Waals surface area contributed by atoms with Gasteiger partial charge in [-0.2, -0.15) is 18.2 Å². The second-order valence-corrected chi connectivity index (χ2v) is 9.86. The maximum absolute atomic E-state index is 13.9. The number of aromatic nitrogens is 3. The van der Waals surface area contributed by atoms with Gasteiger partial charge >= 0.3 is 18.2 Å². The molecule has 1 aliphatic heterocycles. The van der Waals surface area contributed by atoms with E-state index in [0.29, 0.717) is 35.4 Å².